The van der Waals surface area contributed by atoms with Crippen LogP contribution in [-0.4, -0.2) is 41.3 Å². The molecule has 0 aliphatic rings. The summed E-state index contributed by atoms with van der Waals surface area (Å²) in [7, 11) is 1.95. The van der Waals surface area contributed by atoms with Gasteiger partial charge in [0.05, 0.1) is 11.2 Å². The van der Waals surface area contributed by atoms with Crippen molar-refractivity contribution in [1.29, 1.82) is 0 Å². The zero-order valence-electron chi connectivity index (χ0n) is 11.4. The molecule has 5 nitrogen and oxygen atoms in total. The lowest BCUT2D eigenvalue weighted by molar-refractivity contribution is 0.0741. The van der Waals surface area contributed by atoms with Crippen molar-refractivity contribution < 1.29 is 9.84 Å². The highest BCUT2D eigenvalue weighted by Crippen LogP contribution is 2.13. The van der Waals surface area contributed by atoms with Crippen LogP contribution in [0, 0.1) is 0 Å². The second-order valence-corrected chi connectivity index (χ2v) is 5.43. The average molecular weight is 293 g/mol. The summed E-state index contributed by atoms with van der Waals surface area (Å²) >= 11 is 1.57. The Morgan fingerprint density at radius 2 is 2.15 bits per heavy atom. The van der Waals surface area contributed by atoms with Crippen LogP contribution in [0.1, 0.15) is 5.69 Å². The molecule has 1 unspecified atom stereocenters. The number of benzene rings is 1. The second kappa shape index (κ2) is 7.23. The van der Waals surface area contributed by atoms with Gasteiger partial charge in [-0.3, -0.25) is 4.90 Å². The first-order valence-corrected chi connectivity index (χ1v) is 7.30. The van der Waals surface area contributed by atoms with E-state index in [2.05, 4.69) is 4.98 Å². The average Bonchev–Trinajstić information content (AvgIpc) is 2.90. The fraction of sp³-hybridized carbons (Fsp3) is 0.357. The molecule has 0 amide bonds. The highest BCUT2D eigenvalue weighted by Gasteiger charge is 2.10. The highest BCUT2D eigenvalue weighted by molar-refractivity contribution is 7.07. The van der Waals surface area contributed by atoms with E-state index in [-0.39, 0.29) is 6.61 Å². The molecule has 0 aliphatic heterocycles. The molecule has 0 radical (unpaired) electrons. The van der Waals surface area contributed by atoms with Gasteiger partial charge in [0.1, 0.15) is 18.5 Å². The van der Waals surface area contributed by atoms with E-state index in [4.69, 9.17) is 10.5 Å². The van der Waals surface area contributed by atoms with Gasteiger partial charge in [-0.25, -0.2) is 4.98 Å². The predicted octanol–water partition coefficient (Wildman–Crippen LogP) is 1.60. The summed E-state index contributed by atoms with van der Waals surface area (Å²) in [5.41, 5.74) is 9.12. The zero-order valence-corrected chi connectivity index (χ0v) is 12.2. The molecule has 6 heteroatoms. The molecule has 2 aromatic rings. The molecule has 0 saturated heterocycles. The molecule has 3 N–H and O–H groups in total. The number of nitrogens with zero attached hydrogens (tertiary/aromatic N) is 2. The SMILES string of the molecule is CN(Cc1cscn1)CC(O)COc1ccc(N)cc1. The number of rotatable bonds is 7. The molecule has 0 fully saturated rings. The smallest absolute Gasteiger partial charge is 0.119 e. The quantitative estimate of drug-likeness (QED) is 0.759. The molecule has 0 bridgehead atoms. The minimum Gasteiger partial charge on any atom is -0.491 e. The molecule has 1 heterocycles. The molecule has 0 spiro atoms. The topological polar surface area (TPSA) is 71.6 Å². The van der Waals surface area contributed by atoms with Gasteiger partial charge in [0.15, 0.2) is 0 Å². The number of aliphatic hydroxyl groups excluding tert-OH is 1. The van der Waals surface area contributed by atoms with E-state index >= 15 is 0 Å². The molecule has 1 aromatic heterocycles. The van der Waals surface area contributed by atoms with E-state index in [1.807, 2.05) is 22.8 Å². The summed E-state index contributed by atoms with van der Waals surface area (Å²) in [6, 6.07) is 7.13. The van der Waals surface area contributed by atoms with Crippen LogP contribution in [0.15, 0.2) is 35.2 Å². The first-order chi connectivity index (χ1) is 9.63. The van der Waals surface area contributed by atoms with Crippen molar-refractivity contribution in [2.24, 2.45) is 0 Å². The largest absolute Gasteiger partial charge is 0.491 e. The Balaban J connectivity index is 1.71. The Bertz CT molecular complexity index is 502. The Labute approximate surface area is 122 Å². The van der Waals surface area contributed by atoms with Crippen molar-refractivity contribution in [3.63, 3.8) is 0 Å². The van der Waals surface area contributed by atoms with Gasteiger partial charge in [-0.05, 0) is 31.3 Å². The molecule has 0 saturated carbocycles. The van der Waals surface area contributed by atoms with Crippen molar-refractivity contribution in [3.8, 4) is 5.75 Å². The minimum atomic E-state index is -0.545. The summed E-state index contributed by atoms with van der Waals surface area (Å²) in [5, 5.41) is 12.0. The highest BCUT2D eigenvalue weighted by atomic mass is 32.1. The second-order valence-electron chi connectivity index (χ2n) is 4.71. The maximum absolute atomic E-state index is 9.95. The fourth-order valence-corrected chi connectivity index (χ4v) is 2.38. The summed E-state index contributed by atoms with van der Waals surface area (Å²) < 4.78 is 5.51. The van der Waals surface area contributed by atoms with Gasteiger partial charge in [-0.1, -0.05) is 0 Å². The van der Waals surface area contributed by atoms with Crippen molar-refractivity contribution >= 4 is 17.0 Å². The van der Waals surface area contributed by atoms with Crippen LogP contribution >= 0.6 is 11.3 Å². The summed E-state index contributed by atoms with van der Waals surface area (Å²) in [5.74, 6) is 0.709. The Kier molecular flexibility index (Phi) is 5.34. The lowest BCUT2D eigenvalue weighted by Gasteiger charge is -2.20. The number of nitrogens with two attached hydrogens (primary N) is 1. The van der Waals surface area contributed by atoms with E-state index in [1.54, 1.807) is 35.6 Å². The van der Waals surface area contributed by atoms with Gasteiger partial charge in [0.25, 0.3) is 0 Å². The van der Waals surface area contributed by atoms with E-state index in [0.29, 0.717) is 18.0 Å². The van der Waals surface area contributed by atoms with Crippen LogP contribution < -0.4 is 10.5 Å². The van der Waals surface area contributed by atoms with Gasteiger partial charge in [-0.2, -0.15) is 0 Å². The summed E-state index contributed by atoms with van der Waals surface area (Å²) in [4.78, 5) is 6.24. The molecule has 108 valence electrons. The summed E-state index contributed by atoms with van der Waals surface area (Å²) in [6.07, 6.45) is -0.545. The van der Waals surface area contributed by atoms with Crippen LogP contribution in [0.5, 0.6) is 5.75 Å². The van der Waals surface area contributed by atoms with Crippen molar-refractivity contribution in [1.82, 2.24) is 9.88 Å². The number of hydrogen-bond donors (Lipinski definition) is 2. The Hall–Kier alpha value is -1.63. The number of ether oxygens (including phenoxy) is 1. The lowest BCUT2D eigenvalue weighted by atomic mass is 10.3. The third-order valence-electron chi connectivity index (χ3n) is 2.76. The standard InChI is InChI=1S/C14H19N3O2S/c1-17(6-12-9-20-10-16-12)7-13(18)8-19-14-4-2-11(15)3-5-14/h2-5,9-10,13,18H,6-8,15H2,1H3. The molecule has 2 rings (SSSR count). The number of aromatic nitrogens is 1. The molecule has 0 aliphatic carbocycles. The molecule has 20 heavy (non-hydrogen) atoms. The van der Waals surface area contributed by atoms with Crippen LogP contribution in [-0.2, 0) is 6.54 Å². The maximum atomic E-state index is 9.95. The summed E-state index contributed by atoms with van der Waals surface area (Å²) in [6.45, 7) is 1.51. The van der Waals surface area contributed by atoms with E-state index < -0.39 is 6.10 Å². The van der Waals surface area contributed by atoms with E-state index in [1.165, 1.54) is 0 Å². The van der Waals surface area contributed by atoms with Crippen molar-refractivity contribution in [2.45, 2.75) is 12.6 Å². The third kappa shape index (κ3) is 4.80. The van der Waals surface area contributed by atoms with Gasteiger partial charge in [0.2, 0.25) is 0 Å². The van der Waals surface area contributed by atoms with Gasteiger partial charge in [0, 0.05) is 24.2 Å². The van der Waals surface area contributed by atoms with Crippen molar-refractivity contribution in [2.75, 3.05) is 25.9 Å². The number of hydrogen-bond acceptors (Lipinski definition) is 6. The molecular weight excluding hydrogens is 274 g/mol. The lowest BCUT2D eigenvalue weighted by Crippen LogP contribution is -2.32. The number of nitrogen functional groups attached to an aromatic ring is 1. The van der Waals surface area contributed by atoms with Crippen LogP contribution in [0.4, 0.5) is 5.69 Å². The first-order valence-electron chi connectivity index (χ1n) is 6.35. The number of likely N-dealkylation sites (N-methyl/N-ethyl adjacent to an activating group) is 1. The Morgan fingerprint density at radius 3 is 2.80 bits per heavy atom. The monoisotopic (exact) mass is 293 g/mol. The number of anilines is 1. The van der Waals surface area contributed by atoms with Crippen LogP contribution in [0.25, 0.3) is 0 Å². The predicted molar refractivity (Wildman–Crippen MR) is 80.8 cm³/mol. The normalized spacial score (nSPS) is 12.6. The van der Waals surface area contributed by atoms with Crippen LogP contribution in [0.2, 0.25) is 0 Å². The van der Waals surface area contributed by atoms with Crippen molar-refractivity contribution in [3.05, 3.63) is 40.8 Å². The van der Waals surface area contributed by atoms with Gasteiger partial charge in [-0.15, -0.1) is 11.3 Å². The Morgan fingerprint density at radius 1 is 1.40 bits per heavy atom. The molecular formula is C14H19N3O2S. The van der Waals surface area contributed by atoms with Gasteiger partial charge < -0.3 is 15.6 Å². The van der Waals surface area contributed by atoms with Gasteiger partial charge >= 0.3 is 0 Å². The minimum absolute atomic E-state index is 0.255. The maximum Gasteiger partial charge on any atom is 0.119 e. The number of thiazole rings is 1. The first kappa shape index (κ1) is 14.8. The third-order valence-corrected chi connectivity index (χ3v) is 3.40. The molecule has 1 atom stereocenters. The van der Waals surface area contributed by atoms with E-state index in [9.17, 15) is 5.11 Å². The zero-order chi connectivity index (χ0) is 14.4. The number of aliphatic hydroxyl groups is 1. The fourth-order valence-electron chi connectivity index (χ4n) is 1.83. The van der Waals surface area contributed by atoms with Crippen LogP contribution in [0.3, 0.4) is 0 Å². The van der Waals surface area contributed by atoms with E-state index in [0.717, 1.165) is 12.2 Å². The molecule has 1 aromatic carbocycles.